The van der Waals surface area contributed by atoms with E-state index < -0.39 is 35.7 Å². The quantitative estimate of drug-likeness (QED) is 0.249. The van der Waals surface area contributed by atoms with Crippen molar-refractivity contribution in [3.05, 3.63) is 102 Å². The number of rotatable bonds is 6. The predicted octanol–water partition coefficient (Wildman–Crippen LogP) is 4.38. The van der Waals surface area contributed by atoms with Crippen molar-refractivity contribution in [2.75, 3.05) is 5.32 Å². The molecular formula is C31H33N5O4. The minimum absolute atomic E-state index is 0.186. The van der Waals surface area contributed by atoms with E-state index in [4.69, 9.17) is 4.74 Å². The molecule has 40 heavy (non-hydrogen) atoms. The molecule has 1 aliphatic rings. The fourth-order valence-corrected chi connectivity index (χ4v) is 4.85. The molecule has 0 bridgehead atoms. The maximum absolute atomic E-state index is 13.7. The van der Waals surface area contributed by atoms with Crippen LogP contribution < -0.4 is 21.3 Å². The van der Waals surface area contributed by atoms with Gasteiger partial charge in [0.1, 0.15) is 11.6 Å². The molecule has 9 nitrogen and oxygen atoms in total. The fourth-order valence-electron chi connectivity index (χ4n) is 4.85. The van der Waals surface area contributed by atoms with E-state index in [1.54, 1.807) is 20.8 Å². The van der Waals surface area contributed by atoms with E-state index in [9.17, 15) is 14.4 Å². The van der Waals surface area contributed by atoms with Crippen LogP contribution in [0.5, 0.6) is 0 Å². The monoisotopic (exact) mass is 539 g/mol. The van der Waals surface area contributed by atoms with Crippen LogP contribution in [0.15, 0.2) is 85.1 Å². The Morgan fingerprint density at radius 1 is 0.950 bits per heavy atom. The van der Waals surface area contributed by atoms with Crippen molar-refractivity contribution in [1.82, 2.24) is 20.9 Å². The summed E-state index contributed by atoms with van der Waals surface area (Å²) >= 11 is 0. The second-order valence-corrected chi connectivity index (χ2v) is 10.8. The highest BCUT2D eigenvalue weighted by Crippen LogP contribution is 2.31. The third-order valence-electron chi connectivity index (χ3n) is 6.65. The first-order valence-corrected chi connectivity index (χ1v) is 13.2. The van der Waals surface area contributed by atoms with Crippen molar-refractivity contribution < 1.29 is 19.1 Å². The third-order valence-corrected chi connectivity index (χ3v) is 6.65. The number of para-hydroxylation sites is 2. The number of alkyl carbamates (subject to hydrolysis) is 1. The molecule has 1 aliphatic heterocycles. The molecule has 0 saturated carbocycles. The molecule has 1 unspecified atom stereocenters. The van der Waals surface area contributed by atoms with Gasteiger partial charge in [-0.25, -0.2) is 4.79 Å². The third kappa shape index (κ3) is 6.16. The van der Waals surface area contributed by atoms with Gasteiger partial charge in [-0.2, -0.15) is 0 Å². The minimum atomic E-state index is -1.07. The van der Waals surface area contributed by atoms with Gasteiger partial charge in [-0.1, -0.05) is 66.7 Å². The summed E-state index contributed by atoms with van der Waals surface area (Å²) in [4.78, 5) is 43.0. The lowest BCUT2D eigenvalue weighted by molar-refractivity contribution is -0.128. The van der Waals surface area contributed by atoms with Crippen LogP contribution in [-0.4, -0.2) is 40.7 Å². The highest BCUT2D eigenvalue weighted by Gasteiger charge is 2.34. The minimum Gasteiger partial charge on any atom is -0.444 e. The van der Waals surface area contributed by atoms with Gasteiger partial charge in [-0.05, 0) is 49.6 Å². The zero-order chi connectivity index (χ0) is 28.3. The van der Waals surface area contributed by atoms with E-state index in [1.807, 2.05) is 85.1 Å². The van der Waals surface area contributed by atoms with Crippen LogP contribution in [0, 0.1) is 0 Å². The Labute approximate surface area is 232 Å². The molecule has 5 N–H and O–H groups in total. The van der Waals surface area contributed by atoms with Crippen molar-refractivity contribution in [2.24, 2.45) is 0 Å². The average Bonchev–Trinajstić information content (AvgIpc) is 3.27. The summed E-state index contributed by atoms with van der Waals surface area (Å²) in [5.74, 6) is -0.941. The highest BCUT2D eigenvalue weighted by molar-refractivity contribution is 5.99. The van der Waals surface area contributed by atoms with Crippen LogP contribution in [0.4, 0.5) is 10.5 Å². The zero-order valence-corrected chi connectivity index (χ0v) is 22.7. The number of ether oxygens (including phenoxy) is 1. The van der Waals surface area contributed by atoms with E-state index >= 15 is 0 Å². The van der Waals surface area contributed by atoms with Gasteiger partial charge in [0.2, 0.25) is 5.91 Å². The molecule has 0 aliphatic carbocycles. The van der Waals surface area contributed by atoms with Crippen molar-refractivity contribution in [3.8, 4) is 0 Å². The standard InChI is InChI=1S/C31H33N5O4/c1-31(2,3)40-30(39)34-25(17-20-18-32-23-15-9-7-13-21(20)23)28(37)36-27-29(38)33-24-16-10-8-14-22(24)26(35-27)19-11-5-4-6-12-19/h4-16,18,25-27,32,35H,17H2,1-3H3,(H,33,38)(H,34,39)(H,36,37)/t25-,26?,27-/m0/s1. The first-order chi connectivity index (χ1) is 19.2. The normalized spacial score (nSPS) is 17.7. The van der Waals surface area contributed by atoms with Crippen LogP contribution in [-0.2, 0) is 20.7 Å². The number of hydrogen-bond donors (Lipinski definition) is 5. The van der Waals surface area contributed by atoms with Crippen molar-refractivity contribution in [3.63, 3.8) is 0 Å². The number of carbonyl (C=O) groups is 3. The lowest BCUT2D eigenvalue weighted by atomic mass is 9.97. The molecule has 1 aromatic heterocycles. The second kappa shape index (κ2) is 11.2. The number of benzene rings is 3. The van der Waals surface area contributed by atoms with Gasteiger partial charge in [0.25, 0.3) is 5.91 Å². The number of anilines is 1. The lowest BCUT2D eigenvalue weighted by Gasteiger charge is -2.26. The first kappa shape index (κ1) is 27.0. The van der Waals surface area contributed by atoms with Gasteiger partial charge < -0.3 is 25.7 Å². The smallest absolute Gasteiger partial charge is 0.408 e. The van der Waals surface area contributed by atoms with Crippen LogP contribution in [0.25, 0.3) is 10.9 Å². The molecule has 0 radical (unpaired) electrons. The number of carbonyl (C=O) groups excluding carboxylic acids is 3. The number of H-pyrrole nitrogens is 1. The van der Waals surface area contributed by atoms with Crippen LogP contribution in [0.1, 0.15) is 43.5 Å². The van der Waals surface area contributed by atoms with Gasteiger partial charge in [0.05, 0.1) is 6.04 Å². The largest absolute Gasteiger partial charge is 0.444 e. The van der Waals surface area contributed by atoms with E-state index in [2.05, 4.69) is 26.3 Å². The number of aromatic nitrogens is 1. The first-order valence-electron chi connectivity index (χ1n) is 13.2. The Kier molecular flexibility index (Phi) is 7.57. The van der Waals surface area contributed by atoms with Crippen LogP contribution in [0.2, 0.25) is 0 Å². The molecule has 3 atom stereocenters. The van der Waals surface area contributed by atoms with Crippen molar-refractivity contribution in [1.29, 1.82) is 0 Å². The Morgan fingerprint density at radius 3 is 2.42 bits per heavy atom. The molecule has 2 heterocycles. The van der Waals surface area contributed by atoms with E-state index in [1.165, 1.54) is 0 Å². The van der Waals surface area contributed by atoms with Gasteiger partial charge in [-0.15, -0.1) is 0 Å². The molecule has 206 valence electrons. The summed E-state index contributed by atoms with van der Waals surface area (Å²) < 4.78 is 5.44. The maximum atomic E-state index is 13.7. The molecule has 0 spiro atoms. The maximum Gasteiger partial charge on any atom is 0.408 e. The summed E-state index contributed by atoms with van der Waals surface area (Å²) in [6, 6.07) is 23.6. The average molecular weight is 540 g/mol. The van der Waals surface area contributed by atoms with Gasteiger partial charge in [0, 0.05) is 29.2 Å². The zero-order valence-electron chi connectivity index (χ0n) is 22.7. The number of aromatic amines is 1. The summed E-state index contributed by atoms with van der Waals surface area (Å²) in [6.07, 6.45) is 0.211. The summed E-state index contributed by atoms with van der Waals surface area (Å²) in [7, 11) is 0. The molecular weight excluding hydrogens is 506 g/mol. The Hall–Kier alpha value is -4.63. The van der Waals surface area contributed by atoms with Crippen LogP contribution in [0.3, 0.4) is 0 Å². The Balaban J connectivity index is 1.42. The Morgan fingerprint density at radius 2 is 1.65 bits per heavy atom. The number of amides is 3. The van der Waals surface area contributed by atoms with Crippen molar-refractivity contribution >= 4 is 34.5 Å². The lowest BCUT2D eigenvalue weighted by Crippen LogP contribution is -2.58. The van der Waals surface area contributed by atoms with E-state index in [0.29, 0.717) is 5.69 Å². The van der Waals surface area contributed by atoms with E-state index in [0.717, 1.165) is 27.6 Å². The number of fused-ring (bicyclic) bond motifs is 2. The molecule has 0 saturated heterocycles. The van der Waals surface area contributed by atoms with Gasteiger partial charge >= 0.3 is 6.09 Å². The summed E-state index contributed by atoms with van der Waals surface area (Å²) in [5, 5.41) is 12.7. The van der Waals surface area contributed by atoms with E-state index in [-0.39, 0.29) is 12.5 Å². The molecule has 5 rings (SSSR count). The van der Waals surface area contributed by atoms with Gasteiger partial charge in [0.15, 0.2) is 6.17 Å². The SMILES string of the molecule is CC(C)(C)OC(=O)N[C@@H](Cc1c[nH]c2ccccc12)C(=O)N[C@@H]1NC(c2ccccc2)c2ccccc2NC1=O. The molecule has 0 fully saturated rings. The van der Waals surface area contributed by atoms with Gasteiger partial charge in [-0.3, -0.25) is 14.9 Å². The molecule has 4 aromatic rings. The topological polar surface area (TPSA) is 124 Å². The molecule has 3 amide bonds. The van der Waals surface area contributed by atoms with Crippen LogP contribution >= 0.6 is 0 Å². The predicted molar refractivity (Wildman–Crippen MR) is 154 cm³/mol. The second-order valence-electron chi connectivity index (χ2n) is 10.8. The van der Waals surface area contributed by atoms with Crippen molar-refractivity contribution in [2.45, 2.75) is 51.0 Å². The number of nitrogens with one attached hydrogen (secondary N) is 5. The summed E-state index contributed by atoms with van der Waals surface area (Å²) in [6.45, 7) is 5.26. The highest BCUT2D eigenvalue weighted by atomic mass is 16.6. The fraction of sp³-hybridized carbons (Fsp3) is 0.258. The molecule has 3 aromatic carbocycles. The Bertz CT molecular complexity index is 1530. The molecule has 9 heteroatoms. The number of hydrogen-bond acceptors (Lipinski definition) is 5. The summed E-state index contributed by atoms with van der Waals surface area (Å²) in [5.41, 5.74) is 3.49.